The lowest BCUT2D eigenvalue weighted by molar-refractivity contribution is -0.139. The van der Waals surface area contributed by atoms with E-state index in [1.54, 1.807) is 12.1 Å². The summed E-state index contributed by atoms with van der Waals surface area (Å²) in [6, 6.07) is 5.64. The fraction of sp³-hybridized carbons (Fsp3) is 0.654. The second-order valence-corrected chi connectivity index (χ2v) is 10.2. The van der Waals surface area contributed by atoms with Crippen molar-refractivity contribution < 1.29 is 23.1 Å². The molecule has 4 atom stereocenters. The summed E-state index contributed by atoms with van der Waals surface area (Å²) in [7, 11) is 0. The Morgan fingerprint density at radius 1 is 1.09 bits per heavy atom. The van der Waals surface area contributed by atoms with E-state index in [9.17, 15) is 23.1 Å². The third-order valence-electron chi connectivity index (χ3n) is 7.04. The van der Waals surface area contributed by atoms with Crippen LogP contribution in [-0.4, -0.2) is 22.0 Å². The monoisotopic (exact) mass is 451 g/mol. The average Bonchev–Trinajstić information content (AvgIpc) is 3.08. The fourth-order valence-electron chi connectivity index (χ4n) is 5.58. The molecule has 3 unspecified atom stereocenters. The Balaban J connectivity index is 2.02. The molecule has 0 amide bonds. The number of aliphatic carboxylic acids is 1. The minimum atomic E-state index is -4.36. The van der Waals surface area contributed by atoms with Crippen LogP contribution in [0, 0.1) is 23.7 Å². The van der Waals surface area contributed by atoms with Crippen LogP contribution in [0.25, 0.3) is 0 Å². The highest BCUT2D eigenvalue weighted by molar-refractivity contribution is 5.67. The maximum absolute atomic E-state index is 13.2. The van der Waals surface area contributed by atoms with Gasteiger partial charge in [0.1, 0.15) is 0 Å². The third-order valence-corrected chi connectivity index (χ3v) is 7.04. The van der Waals surface area contributed by atoms with Crippen LogP contribution in [0.5, 0.6) is 0 Å². The van der Waals surface area contributed by atoms with Gasteiger partial charge in [0.25, 0.3) is 0 Å². The molecule has 1 aromatic carbocycles. The number of hydrogen-bond acceptors (Lipinski definition) is 2. The lowest BCUT2D eigenvalue weighted by Gasteiger charge is -2.46. The molecule has 0 saturated heterocycles. The lowest BCUT2D eigenvalue weighted by atomic mass is 9.75. The highest BCUT2D eigenvalue weighted by Crippen LogP contribution is 2.49. The van der Waals surface area contributed by atoms with E-state index < -0.39 is 17.7 Å². The van der Waals surface area contributed by atoms with Gasteiger partial charge in [-0.15, -0.1) is 0 Å². The number of carboxylic acid groups (broad SMARTS) is 1. The molecule has 3 rings (SSSR count). The molecule has 1 aliphatic carbocycles. The molecular weight excluding hydrogens is 415 g/mol. The molecule has 1 aromatic rings. The number of hydrogen-bond donors (Lipinski definition) is 1. The second kappa shape index (κ2) is 9.88. The molecule has 0 spiro atoms. The summed E-state index contributed by atoms with van der Waals surface area (Å²) >= 11 is 0. The second-order valence-electron chi connectivity index (χ2n) is 10.2. The van der Waals surface area contributed by atoms with Crippen LogP contribution in [0.15, 0.2) is 36.0 Å². The summed E-state index contributed by atoms with van der Waals surface area (Å²) in [6.45, 7) is 8.61. The summed E-state index contributed by atoms with van der Waals surface area (Å²) in [4.78, 5) is 14.0. The first-order chi connectivity index (χ1) is 15.0. The molecule has 6 heteroatoms. The smallest absolute Gasteiger partial charge is 0.416 e. The Morgan fingerprint density at radius 2 is 1.75 bits per heavy atom. The van der Waals surface area contributed by atoms with E-state index in [-0.39, 0.29) is 30.3 Å². The van der Waals surface area contributed by atoms with Gasteiger partial charge in [-0.2, -0.15) is 13.2 Å². The molecule has 0 radical (unpaired) electrons. The van der Waals surface area contributed by atoms with Crippen LogP contribution in [0.1, 0.15) is 83.4 Å². The molecule has 1 heterocycles. The van der Waals surface area contributed by atoms with E-state index in [1.807, 2.05) is 0 Å². The summed E-state index contributed by atoms with van der Waals surface area (Å²) in [6.07, 6.45) is 2.83. The van der Waals surface area contributed by atoms with Crippen LogP contribution in [0.4, 0.5) is 13.2 Å². The average molecular weight is 452 g/mol. The number of halogens is 3. The summed E-state index contributed by atoms with van der Waals surface area (Å²) in [5.74, 6) is 0.318. The quantitative estimate of drug-likeness (QED) is 0.451. The minimum Gasteiger partial charge on any atom is -0.481 e. The van der Waals surface area contributed by atoms with E-state index in [2.05, 4.69) is 38.7 Å². The molecule has 32 heavy (non-hydrogen) atoms. The Bertz CT molecular complexity index is 813. The van der Waals surface area contributed by atoms with E-state index >= 15 is 0 Å². The first kappa shape index (κ1) is 24.7. The Kier molecular flexibility index (Phi) is 7.61. The van der Waals surface area contributed by atoms with Crippen LogP contribution in [-0.2, 0) is 11.0 Å². The molecule has 0 bridgehead atoms. The van der Waals surface area contributed by atoms with Crippen molar-refractivity contribution in [1.82, 2.24) is 4.90 Å². The van der Waals surface area contributed by atoms with Gasteiger partial charge >= 0.3 is 12.1 Å². The number of nitrogens with zero attached hydrogens (tertiary/aromatic N) is 1. The van der Waals surface area contributed by atoms with Gasteiger partial charge in [0.05, 0.1) is 18.0 Å². The van der Waals surface area contributed by atoms with Crippen molar-refractivity contribution in [2.75, 3.05) is 0 Å². The fourth-order valence-corrected chi connectivity index (χ4v) is 5.58. The predicted octanol–water partition coefficient (Wildman–Crippen LogP) is 7.30. The molecule has 1 saturated carbocycles. The first-order valence-electron chi connectivity index (χ1n) is 11.9. The van der Waals surface area contributed by atoms with Crippen molar-refractivity contribution in [3.05, 3.63) is 47.2 Å². The number of carboxylic acids is 1. The van der Waals surface area contributed by atoms with Crippen molar-refractivity contribution in [2.45, 2.75) is 84.5 Å². The van der Waals surface area contributed by atoms with Crippen molar-refractivity contribution in [1.29, 1.82) is 0 Å². The maximum Gasteiger partial charge on any atom is 0.416 e. The van der Waals surface area contributed by atoms with E-state index in [1.165, 1.54) is 17.8 Å². The van der Waals surface area contributed by atoms with Crippen molar-refractivity contribution in [2.24, 2.45) is 23.7 Å². The normalized spacial score (nSPS) is 24.6. The Labute approximate surface area is 189 Å². The minimum absolute atomic E-state index is 0.0507. The zero-order valence-electron chi connectivity index (χ0n) is 19.5. The summed E-state index contributed by atoms with van der Waals surface area (Å²) in [5, 5.41) is 9.54. The number of fused-ring (bicyclic) bond motifs is 1. The highest BCUT2D eigenvalue weighted by Gasteiger charge is 2.45. The van der Waals surface area contributed by atoms with Crippen molar-refractivity contribution in [3.8, 4) is 0 Å². The number of benzene rings is 1. The largest absolute Gasteiger partial charge is 0.481 e. The third kappa shape index (κ3) is 5.49. The Hall–Kier alpha value is -1.98. The van der Waals surface area contributed by atoms with Crippen molar-refractivity contribution in [3.63, 3.8) is 0 Å². The van der Waals surface area contributed by atoms with Crippen molar-refractivity contribution >= 4 is 5.97 Å². The zero-order valence-corrected chi connectivity index (χ0v) is 19.5. The standard InChI is InChI=1S/C26H36F3NO2/c1-16(2)8-13-22(18-9-11-21(12-10-18)26(27,28)29)30-23(17(3)4)14-19-6-5-7-20(25(19)30)15-24(31)32/h9-12,14,16-17,19-20,22,25H,5-8,13,15H2,1-4H3,(H,31,32)/t19?,20?,22-,25?/m0/s1. The van der Waals surface area contributed by atoms with Gasteiger partial charge in [-0.1, -0.05) is 52.3 Å². The van der Waals surface area contributed by atoms with Gasteiger partial charge in [-0.25, -0.2) is 0 Å². The predicted molar refractivity (Wildman–Crippen MR) is 120 cm³/mol. The lowest BCUT2D eigenvalue weighted by Crippen LogP contribution is -2.45. The van der Waals surface area contributed by atoms with Gasteiger partial charge < -0.3 is 10.0 Å². The van der Waals surface area contributed by atoms with Gasteiger partial charge in [-0.3, -0.25) is 4.79 Å². The van der Waals surface area contributed by atoms with E-state index in [4.69, 9.17) is 0 Å². The SMILES string of the molecule is CC(C)CC[C@@H](c1ccc(C(F)(F)F)cc1)N1C(C(C)C)=CC2CCCC(CC(=O)O)C21. The number of alkyl halides is 3. The van der Waals surface area contributed by atoms with Crippen LogP contribution < -0.4 is 0 Å². The highest BCUT2D eigenvalue weighted by atomic mass is 19.4. The molecule has 0 aromatic heterocycles. The van der Waals surface area contributed by atoms with Gasteiger partial charge in [0.15, 0.2) is 0 Å². The van der Waals surface area contributed by atoms with E-state index in [0.717, 1.165) is 37.7 Å². The molecule has 3 nitrogen and oxygen atoms in total. The topological polar surface area (TPSA) is 40.5 Å². The summed E-state index contributed by atoms with van der Waals surface area (Å²) < 4.78 is 39.5. The summed E-state index contributed by atoms with van der Waals surface area (Å²) in [5.41, 5.74) is 1.46. The van der Waals surface area contributed by atoms with Gasteiger partial charge in [-0.05, 0) is 67.1 Å². The number of rotatable bonds is 8. The molecule has 2 aliphatic rings. The Morgan fingerprint density at radius 3 is 2.28 bits per heavy atom. The maximum atomic E-state index is 13.2. The molecular formula is C26H36F3NO2. The number of carbonyl (C=O) groups is 1. The molecule has 1 N–H and O–H groups in total. The molecule has 178 valence electrons. The first-order valence-corrected chi connectivity index (χ1v) is 11.9. The van der Waals surface area contributed by atoms with Crippen LogP contribution >= 0.6 is 0 Å². The number of allylic oxidation sites excluding steroid dienone is 1. The van der Waals surface area contributed by atoms with Gasteiger partial charge in [0, 0.05) is 11.7 Å². The van der Waals surface area contributed by atoms with E-state index in [0.29, 0.717) is 11.8 Å². The molecule has 1 aliphatic heterocycles. The zero-order chi connectivity index (χ0) is 23.6. The van der Waals surface area contributed by atoms with Crippen LogP contribution in [0.2, 0.25) is 0 Å². The molecule has 1 fully saturated rings. The van der Waals surface area contributed by atoms with Gasteiger partial charge in [0.2, 0.25) is 0 Å². The van der Waals surface area contributed by atoms with Crippen LogP contribution in [0.3, 0.4) is 0 Å².